The number of aldehydes is 1. The molecule has 0 aliphatic heterocycles. The molecule has 58 valence electrons. The van der Waals surface area contributed by atoms with Crippen molar-refractivity contribution in [2.24, 2.45) is 0 Å². The van der Waals surface area contributed by atoms with Gasteiger partial charge in [0.15, 0.2) is 29.3 Å². The highest BCUT2D eigenvalue weighted by Gasteiger charge is 2.01. The fourth-order valence-corrected chi connectivity index (χ4v) is 1.52. The van der Waals surface area contributed by atoms with Crippen LogP contribution in [0.1, 0.15) is 10.4 Å². The summed E-state index contributed by atoms with van der Waals surface area (Å²) in [6, 6.07) is 5.42. The maximum Gasteiger partial charge on any atom is 0.192 e. The Balaban J connectivity index is 3.16. The fourth-order valence-electron chi connectivity index (χ4n) is 0.672. The van der Waals surface area contributed by atoms with E-state index in [1.165, 1.54) is 0 Å². The van der Waals surface area contributed by atoms with Crippen LogP contribution in [0.15, 0.2) is 18.2 Å². The third-order valence-electron chi connectivity index (χ3n) is 1.19. The quantitative estimate of drug-likeness (QED) is 0.588. The van der Waals surface area contributed by atoms with E-state index in [-0.39, 0.29) is 0 Å². The highest BCUT2D eigenvalue weighted by atomic mass is 127. The number of rotatable bonds is 2. The molecule has 2 nitrogen and oxygen atoms in total. The van der Waals surface area contributed by atoms with E-state index in [1.807, 2.05) is 12.1 Å². The molecular weight excluding hydrogens is 370 g/mol. The summed E-state index contributed by atoms with van der Waals surface area (Å²) in [4.78, 5) is 10.4. The van der Waals surface area contributed by atoms with Crippen molar-refractivity contribution < 1.29 is 7.86 Å². The molecule has 0 radical (unpaired) electrons. The molecule has 4 heteroatoms. The second-order valence-electron chi connectivity index (χ2n) is 1.88. The Hall–Kier alpha value is 0.150. The van der Waals surface area contributed by atoms with Crippen molar-refractivity contribution in [3.8, 4) is 5.75 Å². The SMILES string of the molecule is O=Cc1ccc(I)cc1OI. The van der Waals surface area contributed by atoms with Crippen molar-refractivity contribution in [2.75, 3.05) is 0 Å². The van der Waals surface area contributed by atoms with Gasteiger partial charge < -0.3 is 3.07 Å². The maximum absolute atomic E-state index is 10.4. The van der Waals surface area contributed by atoms with Crippen LogP contribution in [0.4, 0.5) is 0 Å². The molecule has 0 heterocycles. The Labute approximate surface area is 92.1 Å². The molecule has 0 aromatic heterocycles. The standard InChI is InChI=1S/C7H4I2O2/c8-6-2-1-5(4-10)7(3-6)11-9/h1-4H. The molecule has 0 unspecified atom stereocenters. The largest absolute Gasteiger partial charge is 0.427 e. The molecule has 1 aromatic rings. The number of carbonyl (C=O) groups excluding carboxylic acids is 1. The molecule has 0 N–H and O–H groups in total. The zero-order chi connectivity index (χ0) is 8.27. The molecule has 0 fully saturated rings. The number of hydrogen-bond donors (Lipinski definition) is 0. The molecule has 1 aromatic carbocycles. The zero-order valence-corrected chi connectivity index (χ0v) is 9.70. The van der Waals surface area contributed by atoms with Gasteiger partial charge in [-0.15, -0.1) is 0 Å². The van der Waals surface area contributed by atoms with Crippen LogP contribution in [0.3, 0.4) is 0 Å². The Morgan fingerprint density at radius 2 is 2.18 bits per heavy atom. The van der Waals surface area contributed by atoms with Crippen LogP contribution in [0.2, 0.25) is 0 Å². The van der Waals surface area contributed by atoms with Crippen LogP contribution in [0.25, 0.3) is 0 Å². The first-order valence-corrected chi connectivity index (χ1v) is 4.77. The van der Waals surface area contributed by atoms with E-state index < -0.39 is 0 Å². The Morgan fingerprint density at radius 1 is 1.45 bits per heavy atom. The van der Waals surface area contributed by atoms with Crippen LogP contribution in [-0.4, -0.2) is 6.29 Å². The molecule has 11 heavy (non-hydrogen) atoms. The summed E-state index contributed by atoms with van der Waals surface area (Å²) >= 11 is 3.92. The molecule has 0 aliphatic carbocycles. The smallest absolute Gasteiger partial charge is 0.192 e. The van der Waals surface area contributed by atoms with E-state index in [4.69, 9.17) is 3.07 Å². The molecular formula is C7H4I2O2. The van der Waals surface area contributed by atoms with E-state index in [2.05, 4.69) is 22.6 Å². The minimum Gasteiger partial charge on any atom is -0.427 e. The van der Waals surface area contributed by atoms with Gasteiger partial charge in [-0.05, 0) is 40.8 Å². The second-order valence-corrected chi connectivity index (χ2v) is 3.56. The van der Waals surface area contributed by atoms with Crippen molar-refractivity contribution in [1.29, 1.82) is 0 Å². The molecule has 0 saturated heterocycles. The lowest BCUT2D eigenvalue weighted by Gasteiger charge is -1.99. The van der Waals surface area contributed by atoms with Crippen molar-refractivity contribution in [1.82, 2.24) is 0 Å². The van der Waals surface area contributed by atoms with Crippen molar-refractivity contribution in [3.63, 3.8) is 0 Å². The summed E-state index contributed by atoms with van der Waals surface area (Å²) in [5.41, 5.74) is 0.583. The van der Waals surface area contributed by atoms with E-state index in [0.717, 1.165) is 9.86 Å². The van der Waals surface area contributed by atoms with Gasteiger partial charge in [0.2, 0.25) is 0 Å². The molecule has 0 atom stereocenters. The summed E-state index contributed by atoms with van der Waals surface area (Å²) in [6.45, 7) is 0. The molecule has 1 rings (SSSR count). The average molecular weight is 374 g/mol. The summed E-state index contributed by atoms with van der Waals surface area (Å²) in [7, 11) is 0. The first-order chi connectivity index (χ1) is 5.27. The highest BCUT2D eigenvalue weighted by Crippen LogP contribution is 2.21. The lowest BCUT2D eigenvalue weighted by Crippen LogP contribution is -1.85. The predicted octanol–water partition coefficient (Wildman–Crippen LogP) is 2.83. The summed E-state index contributed by atoms with van der Waals surface area (Å²) in [5, 5.41) is 0. The van der Waals surface area contributed by atoms with Gasteiger partial charge in [0.1, 0.15) is 5.75 Å². The lowest BCUT2D eigenvalue weighted by atomic mass is 10.2. The van der Waals surface area contributed by atoms with Crippen LogP contribution in [-0.2, 0) is 0 Å². The minimum atomic E-state index is 0.583. The Bertz CT molecular complexity index is 273. The third kappa shape index (κ3) is 2.29. The van der Waals surface area contributed by atoms with E-state index in [1.54, 1.807) is 29.1 Å². The summed E-state index contributed by atoms with van der Waals surface area (Å²) < 4.78 is 6.01. The third-order valence-corrected chi connectivity index (χ3v) is 2.33. The van der Waals surface area contributed by atoms with Crippen molar-refractivity contribution >= 4 is 51.9 Å². The van der Waals surface area contributed by atoms with Gasteiger partial charge in [-0.25, -0.2) is 0 Å². The van der Waals surface area contributed by atoms with Crippen LogP contribution in [0, 0.1) is 3.57 Å². The van der Waals surface area contributed by atoms with Gasteiger partial charge in [0.25, 0.3) is 0 Å². The topological polar surface area (TPSA) is 26.3 Å². The molecule has 0 amide bonds. The Kier molecular flexibility index (Phi) is 3.57. The molecule has 0 bridgehead atoms. The predicted molar refractivity (Wildman–Crippen MR) is 59.2 cm³/mol. The number of carbonyl (C=O) groups is 1. The van der Waals surface area contributed by atoms with E-state index >= 15 is 0 Å². The normalized spacial score (nSPS) is 9.27. The first-order valence-electron chi connectivity index (χ1n) is 2.81. The fraction of sp³-hybridized carbons (Fsp3) is 0. The number of hydrogen-bond acceptors (Lipinski definition) is 2. The van der Waals surface area contributed by atoms with Crippen LogP contribution >= 0.6 is 45.6 Å². The minimum absolute atomic E-state index is 0.583. The van der Waals surface area contributed by atoms with Gasteiger partial charge in [0.05, 0.1) is 5.56 Å². The second kappa shape index (κ2) is 4.24. The van der Waals surface area contributed by atoms with Gasteiger partial charge in [-0.1, -0.05) is 0 Å². The average Bonchev–Trinajstić information content (AvgIpc) is 2.04. The van der Waals surface area contributed by atoms with E-state index in [9.17, 15) is 4.79 Å². The van der Waals surface area contributed by atoms with Gasteiger partial charge >= 0.3 is 0 Å². The summed E-state index contributed by atoms with van der Waals surface area (Å²) in [5.74, 6) is 0.618. The Morgan fingerprint density at radius 3 is 2.73 bits per heavy atom. The van der Waals surface area contributed by atoms with Crippen LogP contribution in [0.5, 0.6) is 5.75 Å². The molecule has 0 aliphatic rings. The number of benzene rings is 1. The lowest BCUT2D eigenvalue weighted by molar-refractivity contribution is 0.112. The number of halogens is 2. The monoisotopic (exact) mass is 374 g/mol. The maximum atomic E-state index is 10.4. The zero-order valence-electron chi connectivity index (χ0n) is 5.38. The highest BCUT2D eigenvalue weighted by molar-refractivity contribution is 14.1. The van der Waals surface area contributed by atoms with Gasteiger partial charge in [-0.2, -0.15) is 0 Å². The first kappa shape index (κ1) is 9.24. The van der Waals surface area contributed by atoms with Crippen LogP contribution < -0.4 is 3.07 Å². The van der Waals surface area contributed by atoms with Crippen molar-refractivity contribution in [2.45, 2.75) is 0 Å². The van der Waals surface area contributed by atoms with Gasteiger partial charge in [-0.3, -0.25) is 4.79 Å². The summed E-state index contributed by atoms with van der Waals surface area (Å²) in [6.07, 6.45) is 0.782. The van der Waals surface area contributed by atoms with Gasteiger partial charge in [0, 0.05) is 3.57 Å². The van der Waals surface area contributed by atoms with Crippen molar-refractivity contribution in [3.05, 3.63) is 27.3 Å². The molecule has 0 saturated carbocycles. The molecule has 0 spiro atoms. The van der Waals surface area contributed by atoms with E-state index in [0.29, 0.717) is 11.3 Å².